The predicted octanol–water partition coefficient (Wildman–Crippen LogP) is 3.95. The Morgan fingerprint density at radius 2 is 1.61 bits per heavy atom. The molecular weight excluding hydrogens is 387 g/mol. The Bertz CT molecular complexity index is 890. The SMILES string of the molecule is CCOc1cc(/C=C/C(=O)NNc2c(F)c(F)c(F)c(F)c2F)ccc1OC. The molecule has 2 N–H and O–H groups in total. The van der Waals surface area contributed by atoms with Crippen LogP contribution in [0.4, 0.5) is 27.6 Å². The number of carbonyl (C=O) groups is 1. The Labute approximate surface area is 156 Å². The van der Waals surface area contributed by atoms with Crippen LogP contribution in [-0.4, -0.2) is 19.6 Å². The highest BCUT2D eigenvalue weighted by atomic mass is 19.2. The van der Waals surface area contributed by atoms with Crippen LogP contribution in [0.25, 0.3) is 6.08 Å². The number of halogens is 5. The van der Waals surface area contributed by atoms with Crippen LogP contribution in [0.3, 0.4) is 0 Å². The van der Waals surface area contributed by atoms with Gasteiger partial charge in [-0.15, -0.1) is 0 Å². The van der Waals surface area contributed by atoms with Crippen molar-refractivity contribution in [2.45, 2.75) is 6.92 Å². The van der Waals surface area contributed by atoms with Crippen LogP contribution >= 0.6 is 0 Å². The zero-order chi connectivity index (χ0) is 20.8. The van der Waals surface area contributed by atoms with Crippen LogP contribution in [-0.2, 0) is 4.79 Å². The molecule has 0 bridgehead atoms. The summed E-state index contributed by atoms with van der Waals surface area (Å²) in [5.74, 6) is -10.7. The molecule has 150 valence electrons. The van der Waals surface area contributed by atoms with Crippen LogP contribution in [0.2, 0.25) is 0 Å². The number of amides is 1. The van der Waals surface area contributed by atoms with Crippen molar-refractivity contribution in [3.8, 4) is 11.5 Å². The fourth-order valence-corrected chi connectivity index (χ4v) is 2.12. The van der Waals surface area contributed by atoms with Crippen molar-refractivity contribution in [2.75, 3.05) is 19.1 Å². The summed E-state index contributed by atoms with van der Waals surface area (Å²) in [6.07, 6.45) is 2.33. The summed E-state index contributed by atoms with van der Waals surface area (Å²) >= 11 is 0. The summed E-state index contributed by atoms with van der Waals surface area (Å²) in [6.45, 7) is 2.16. The summed E-state index contributed by atoms with van der Waals surface area (Å²) in [5, 5.41) is 0. The first-order valence-electron chi connectivity index (χ1n) is 7.86. The minimum absolute atomic E-state index is 0.385. The van der Waals surface area contributed by atoms with Crippen molar-refractivity contribution in [2.24, 2.45) is 0 Å². The third kappa shape index (κ3) is 4.51. The molecule has 28 heavy (non-hydrogen) atoms. The van der Waals surface area contributed by atoms with E-state index in [0.717, 1.165) is 6.08 Å². The van der Waals surface area contributed by atoms with Crippen LogP contribution in [0, 0.1) is 29.1 Å². The maximum absolute atomic E-state index is 13.5. The number of methoxy groups -OCH3 is 1. The molecule has 0 spiro atoms. The summed E-state index contributed by atoms with van der Waals surface area (Å²) in [7, 11) is 1.46. The van der Waals surface area contributed by atoms with E-state index in [2.05, 4.69) is 0 Å². The molecule has 2 aromatic rings. The first-order chi connectivity index (χ1) is 13.3. The molecule has 0 heterocycles. The number of benzene rings is 2. The zero-order valence-corrected chi connectivity index (χ0v) is 14.7. The van der Waals surface area contributed by atoms with Crippen molar-refractivity contribution in [1.29, 1.82) is 0 Å². The molecule has 0 radical (unpaired) electrons. The smallest absolute Gasteiger partial charge is 0.262 e. The van der Waals surface area contributed by atoms with Crippen LogP contribution in [0.1, 0.15) is 12.5 Å². The topological polar surface area (TPSA) is 59.6 Å². The van der Waals surface area contributed by atoms with E-state index < -0.39 is 40.7 Å². The molecule has 0 aromatic heterocycles. The molecule has 0 aliphatic rings. The predicted molar refractivity (Wildman–Crippen MR) is 91.2 cm³/mol. The molecule has 10 heteroatoms. The number of hydrogen-bond donors (Lipinski definition) is 2. The lowest BCUT2D eigenvalue weighted by Gasteiger charge is -2.11. The Balaban J connectivity index is 2.10. The highest BCUT2D eigenvalue weighted by Crippen LogP contribution is 2.29. The maximum atomic E-state index is 13.5. The minimum atomic E-state index is -2.30. The van der Waals surface area contributed by atoms with E-state index in [1.807, 2.05) is 5.43 Å². The number of carbonyl (C=O) groups excluding carboxylic acids is 1. The lowest BCUT2D eigenvalue weighted by Crippen LogP contribution is -2.29. The van der Waals surface area contributed by atoms with Gasteiger partial charge in [0, 0.05) is 6.08 Å². The number of ether oxygens (including phenoxy) is 2. The van der Waals surface area contributed by atoms with Gasteiger partial charge in [0.15, 0.2) is 34.8 Å². The number of rotatable bonds is 7. The molecule has 0 aliphatic heterocycles. The molecule has 2 rings (SSSR count). The van der Waals surface area contributed by atoms with Gasteiger partial charge in [0.1, 0.15) is 5.69 Å². The van der Waals surface area contributed by atoms with Crippen LogP contribution in [0.15, 0.2) is 24.3 Å². The average Bonchev–Trinajstić information content (AvgIpc) is 2.69. The molecular formula is C18H15F5N2O3. The summed E-state index contributed by atoms with van der Waals surface area (Å²) in [4.78, 5) is 11.8. The quantitative estimate of drug-likeness (QED) is 0.242. The van der Waals surface area contributed by atoms with Gasteiger partial charge in [0.05, 0.1) is 13.7 Å². The first kappa shape index (κ1) is 21.0. The van der Waals surface area contributed by atoms with Crippen molar-refractivity contribution < 1.29 is 36.2 Å². The fraction of sp³-hybridized carbons (Fsp3) is 0.167. The van der Waals surface area contributed by atoms with E-state index in [1.54, 1.807) is 30.5 Å². The molecule has 0 aliphatic carbocycles. The summed E-state index contributed by atoms with van der Waals surface area (Å²) in [6, 6.07) is 4.81. The van der Waals surface area contributed by atoms with Gasteiger partial charge in [-0.05, 0) is 30.7 Å². The Morgan fingerprint density at radius 3 is 2.18 bits per heavy atom. The molecule has 0 saturated heterocycles. The fourth-order valence-electron chi connectivity index (χ4n) is 2.12. The van der Waals surface area contributed by atoms with Crippen LogP contribution < -0.4 is 20.3 Å². The van der Waals surface area contributed by atoms with Gasteiger partial charge in [-0.3, -0.25) is 15.6 Å². The molecule has 0 fully saturated rings. The van der Waals surface area contributed by atoms with Gasteiger partial charge < -0.3 is 9.47 Å². The molecule has 5 nitrogen and oxygen atoms in total. The van der Waals surface area contributed by atoms with Crippen LogP contribution in [0.5, 0.6) is 11.5 Å². The second-order valence-electron chi connectivity index (χ2n) is 5.24. The molecule has 0 unspecified atom stereocenters. The number of hydrogen-bond acceptors (Lipinski definition) is 4. The first-order valence-corrected chi connectivity index (χ1v) is 7.86. The highest BCUT2D eigenvalue weighted by Gasteiger charge is 2.25. The van der Waals surface area contributed by atoms with E-state index in [0.29, 0.717) is 23.7 Å². The second-order valence-corrected chi connectivity index (χ2v) is 5.24. The largest absolute Gasteiger partial charge is 0.493 e. The van der Waals surface area contributed by atoms with Crippen molar-refractivity contribution >= 4 is 17.7 Å². The van der Waals surface area contributed by atoms with Gasteiger partial charge in [-0.1, -0.05) is 6.07 Å². The monoisotopic (exact) mass is 402 g/mol. The number of anilines is 1. The molecule has 0 atom stereocenters. The van der Waals surface area contributed by atoms with E-state index in [9.17, 15) is 26.7 Å². The third-order valence-electron chi connectivity index (χ3n) is 3.44. The Morgan fingerprint density at radius 1 is 1.00 bits per heavy atom. The lowest BCUT2D eigenvalue weighted by atomic mass is 10.2. The van der Waals surface area contributed by atoms with Crippen molar-refractivity contribution in [3.63, 3.8) is 0 Å². The standard InChI is InChI=1S/C18H15F5N2O3/c1-3-28-11-8-9(4-6-10(11)27-2)5-7-12(26)24-25-18-16(22)14(20)13(19)15(21)17(18)23/h4-8,25H,3H2,1-2H3,(H,24,26)/b7-5+. The molecule has 0 saturated carbocycles. The van der Waals surface area contributed by atoms with E-state index >= 15 is 0 Å². The summed E-state index contributed by atoms with van der Waals surface area (Å²) in [5.41, 5.74) is 2.67. The van der Waals surface area contributed by atoms with E-state index in [4.69, 9.17) is 9.47 Å². The normalized spacial score (nSPS) is 10.8. The van der Waals surface area contributed by atoms with Gasteiger partial charge in [0.25, 0.3) is 5.91 Å². The molecule has 1 amide bonds. The van der Waals surface area contributed by atoms with Gasteiger partial charge >= 0.3 is 0 Å². The van der Waals surface area contributed by atoms with E-state index in [-0.39, 0.29) is 0 Å². The van der Waals surface area contributed by atoms with Gasteiger partial charge in [0.2, 0.25) is 5.82 Å². The van der Waals surface area contributed by atoms with Gasteiger partial charge in [-0.25, -0.2) is 22.0 Å². The summed E-state index contributed by atoms with van der Waals surface area (Å²) < 4.78 is 76.7. The van der Waals surface area contributed by atoms with E-state index in [1.165, 1.54) is 13.2 Å². The molecule has 2 aromatic carbocycles. The second kappa shape index (κ2) is 9.07. The Hall–Kier alpha value is -3.30. The minimum Gasteiger partial charge on any atom is -0.493 e. The van der Waals surface area contributed by atoms with Gasteiger partial charge in [-0.2, -0.15) is 0 Å². The zero-order valence-electron chi connectivity index (χ0n) is 14.7. The number of hydrazine groups is 1. The number of nitrogens with one attached hydrogen (secondary N) is 2. The third-order valence-corrected chi connectivity index (χ3v) is 3.44. The van der Waals surface area contributed by atoms with Crippen molar-refractivity contribution in [3.05, 3.63) is 58.9 Å². The lowest BCUT2D eigenvalue weighted by molar-refractivity contribution is -0.116. The average molecular weight is 402 g/mol. The Kier molecular flexibility index (Phi) is 6.80. The highest BCUT2D eigenvalue weighted by molar-refractivity contribution is 5.92. The van der Waals surface area contributed by atoms with Crippen molar-refractivity contribution in [1.82, 2.24) is 5.43 Å². The maximum Gasteiger partial charge on any atom is 0.262 e.